The molecule has 1 aliphatic rings. The van der Waals surface area contributed by atoms with Gasteiger partial charge in [0.15, 0.2) is 0 Å². The normalized spacial score (nSPS) is 22.8. The van der Waals surface area contributed by atoms with Crippen LogP contribution in [0.2, 0.25) is 0 Å². The van der Waals surface area contributed by atoms with Crippen LogP contribution in [0, 0.1) is 5.92 Å². The zero-order valence-corrected chi connectivity index (χ0v) is 7.13. The van der Waals surface area contributed by atoms with E-state index in [1.165, 1.54) is 6.92 Å². The van der Waals surface area contributed by atoms with Crippen LogP contribution < -0.4 is 5.32 Å². The van der Waals surface area contributed by atoms with E-state index in [4.69, 9.17) is 0 Å². The molecule has 0 aromatic carbocycles. The predicted octanol–water partition coefficient (Wildman–Crippen LogP) is 1.00. The van der Waals surface area contributed by atoms with Crippen LogP contribution in [-0.4, -0.2) is 30.2 Å². The standard InChI is InChI=1S/C8H15F2NO/c1-5(8(9)10)11-4-7(12)6-2-3-6/h5-8,11-12H,2-4H2,1H3. The third-order valence-corrected chi connectivity index (χ3v) is 2.19. The van der Waals surface area contributed by atoms with E-state index in [9.17, 15) is 13.9 Å². The van der Waals surface area contributed by atoms with E-state index in [-0.39, 0.29) is 6.54 Å². The lowest BCUT2D eigenvalue weighted by molar-refractivity contribution is 0.0885. The Morgan fingerprint density at radius 1 is 1.50 bits per heavy atom. The van der Waals surface area contributed by atoms with Gasteiger partial charge in [-0.3, -0.25) is 0 Å². The zero-order chi connectivity index (χ0) is 9.14. The van der Waals surface area contributed by atoms with Crippen LogP contribution in [0.25, 0.3) is 0 Å². The summed E-state index contributed by atoms with van der Waals surface area (Å²) in [6, 6.07) is -0.821. The summed E-state index contributed by atoms with van der Waals surface area (Å²) in [6.07, 6.45) is -0.722. The quantitative estimate of drug-likeness (QED) is 0.660. The van der Waals surface area contributed by atoms with Crippen LogP contribution in [0.5, 0.6) is 0 Å². The Kier molecular flexibility index (Phi) is 3.40. The minimum absolute atomic E-state index is 0.288. The molecule has 1 fully saturated rings. The molecule has 0 amide bonds. The topological polar surface area (TPSA) is 32.3 Å². The van der Waals surface area contributed by atoms with Crippen molar-refractivity contribution in [1.82, 2.24) is 5.32 Å². The molecule has 1 saturated carbocycles. The number of hydrogen-bond donors (Lipinski definition) is 2. The lowest BCUT2D eigenvalue weighted by Gasteiger charge is -2.15. The van der Waals surface area contributed by atoms with Gasteiger partial charge < -0.3 is 10.4 Å². The molecular formula is C8H15F2NO. The molecule has 0 saturated heterocycles. The molecule has 1 rings (SSSR count). The third kappa shape index (κ3) is 3.03. The first-order valence-electron chi connectivity index (χ1n) is 4.31. The Balaban J connectivity index is 2.07. The minimum atomic E-state index is -2.35. The molecule has 0 aliphatic heterocycles. The highest BCUT2D eigenvalue weighted by Gasteiger charge is 2.30. The maximum absolute atomic E-state index is 12.0. The molecule has 0 bridgehead atoms. The number of aliphatic hydroxyl groups is 1. The highest BCUT2D eigenvalue weighted by molar-refractivity contribution is 4.82. The number of aliphatic hydroxyl groups excluding tert-OH is 1. The Morgan fingerprint density at radius 3 is 2.50 bits per heavy atom. The molecule has 0 radical (unpaired) electrons. The lowest BCUT2D eigenvalue weighted by atomic mass is 10.2. The fourth-order valence-corrected chi connectivity index (χ4v) is 1.04. The number of rotatable bonds is 5. The van der Waals surface area contributed by atoms with Gasteiger partial charge in [-0.15, -0.1) is 0 Å². The largest absolute Gasteiger partial charge is 0.392 e. The number of alkyl halides is 2. The fourth-order valence-electron chi connectivity index (χ4n) is 1.04. The van der Waals surface area contributed by atoms with E-state index < -0.39 is 18.6 Å². The van der Waals surface area contributed by atoms with Crippen molar-refractivity contribution in [2.24, 2.45) is 5.92 Å². The lowest BCUT2D eigenvalue weighted by Crippen LogP contribution is -2.38. The molecule has 2 unspecified atom stereocenters. The summed E-state index contributed by atoms with van der Waals surface area (Å²) in [7, 11) is 0. The fraction of sp³-hybridized carbons (Fsp3) is 1.00. The average Bonchev–Trinajstić information content (AvgIpc) is 2.81. The van der Waals surface area contributed by atoms with Crippen molar-refractivity contribution in [2.45, 2.75) is 38.3 Å². The van der Waals surface area contributed by atoms with E-state index >= 15 is 0 Å². The van der Waals surface area contributed by atoms with Crippen LogP contribution >= 0.6 is 0 Å². The summed E-state index contributed by atoms with van der Waals surface area (Å²) in [5, 5.41) is 11.9. The van der Waals surface area contributed by atoms with Crippen LogP contribution in [0.3, 0.4) is 0 Å². The summed E-state index contributed by atoms with van der Waals surface area (Å²) >= 11 is 0. The molecule has 2 N–H and O–H groups in total. The molecule has 12 heavy (non-hydrogen) atoms. The predicted molar refractivity (Wildman–Crippen MR) is 42.2 cm³/mol. The second-order valence-corrected chi connectivity index (χ2v) is 3.44. The van der Waals surface area contributed by atoms with E-state index in [0.717, 1.165) is 12.8 Å². The van der Waals surface area contributed by atoms with E-state index in [2.05, 4.69) is 5.32 Å². The van der Waals surface area contributed by atoms with Crippen LogP contribution in [0.4, 0.5) is 8.78 Å². The molecule has 0 aromatic heterocycles. The minimum Gasteiger partial charge on any atom is -0.392 e. The van der Waals surface area contributed by atoms with Crippen molar-refractivity contribution in [3.63, 3.8) is 0 Å². The summed E-state index contributed by atoms with van der Waals surface area (Å²) in [5.41, 5.74) is 0. The van der Waals surface area contributed by atoms with Gasteiger partial charge in [0.2, 0.25) is 0 Å². The first-order chi connectivity index (χ1) is 5.61. The van der Waals surface area contributed by atoms with Crippen LogP contribution in [0.1, 0.15) is 19.8 Å². The Bertz CT molecular complexity index is 131. The third-order valence-electron chi connectivity index (χ3n) is 2.19. The zero-order valence-electron chi connectivity index (χ0n) is 7.13. The maximum Gasteiger partial charge on any atom is 0.253 e. The Hall–Kier alpha value is -0.220. The Morgan fingerprint density at radius 2 is 2.08 bits per heavy atom. The van der Waals surface area contributed by atoms with Gasteiger partial charge in [0, 0.05) is 6.54 Å². The van der Waals surface area contributed by atoms with Crippen molar-refractivity contribution in [1.29, 1.82) is 0 Å². The molecule has 2 nitrogen and oxygen atoms in total. The summed E-state index contributed by atoms with van der Waals surface area (Å²) < 4.78 is 23.9. The molecular weight excluding hydrogens is 164 g/mol. The number of nitrogens with one attached hydrogen (secondary N) is 1. The smallest absolute Gasteiger partial charge is 0.253 e. The van der Waals surface area contributed by atoms with Crippen molar-refractivity contribution in [3.8, 4) is 0 Å². The molecule has 72 valence electrons. The van der Waals surface area contributed by atoms with Gasteiger partial charge in [-0.1, -0.05) is 0 Å². The second kappa shape index (κ2) is 4.14. The summed E-state index contributed by atoms with van der Waals surface area (Å²) in [6.45, 7) is 1.71. The average molecular weight is 179 g/mol. The highest BCUT2D eigenvalue weighted by atomic mass is 19.3. The van der Waals surface area contributed by atoms with Crippen LogP contribution in [0.15, 0.2) is 0 Å². The van der Waals surface area contributed by atoms with E-state index in [1.54, 1.807) is 0 Å². The van der Waals surface area contributed by atoms with E-state index in [0.29, 0.717) is 5.92 Å². The van der Waals surface area contributed by atoms with Crippen molar-refractivity contribution < 1.29 is 13.9 Å². The number of halogens is 2. The highest BCUT2D eigenvalue weighted by Crippen LogP contribution is 2.32. The van der Waals surface area contributed by atoms with Gasteiger partial charge in [0.1, 0.15) is 0 Å². The SMILES string of the molecule is CC(NCC(O)C1CC1)C(F)F. The monoisotopic (exact) mass is 179 g/mol. The van der Waals surface area contributed by atoms with Crippen molar-refractivity contribution in [2.75, 3.05) is 6.54 Å². The van der Waals surface area contributed by atoms with Gasteiger partial charge in [-0.25, -0.2) is 8.78 Å². The first kappa shape index (κ1) is 9.86. The van der Waals surface area contributed by atoms with E-state index in [1.807, 2.05) is 0 Å². The molecule has 1 aliphatic carbocycles. The molecule has 0 heterocycles. The molecule has 2 atom stereocenters. The molecule has 4 heteroatoms. The molecule has 0 spiro atoms. The van der Waals surface area contributed by atoms with Gasteiger partial charge in [-0.2, -0.15) is 0 Å². The first-order valence-corrected chi connectivity index (χ1v) is 4.31. The summed E-state index contributed by atoms with van der Waals surface area (Å²) in [4.78, 5) is 0. The van der Waals surface area contributed by atoms with Gasteiger partial charge in [-0.05, 0) is 25.7 Å². The van der Waals surface area contributed by atoms with Gasteiger partial charge in [0.05, 0.1) is 12.1 Å². The number of hydrogen-bond acceptors (Lipinski definition) is 2. The summed E-state index contributed by atoms with van der Waals surface area (Å²) in [5.74, 6) is 0.349. The molecule has 0 aromatic rings. The van der Waals surface area contributed by atoms with Gasteiger partial charge in [0.25, 0.3) is 6.43 Å². The van der Waals surface area contributed by atoms with Crippen LogP contribution in [-0.2, 0) is 0 Å². The Labute approximate surface area is 71.0 Å². The van der Waals surface area contributed by atoms with Crippen molar-refractivity contribution in [3.05, 3.63) is 0 Å². The van der Waals surface area contributed by atoms with Gasteiger partial charge >= 0.3 is 0 Å². The maximum atomic E-state index is 12.0. The second-order valence-electron chi connectivity index (χ2n) is 3.44. The van der Waals surface area contributed by atoms with Crippen molar-refractivity contribution >= 4 is 0 Å².